The average Bonchev–Trinajstić information content (AvgIpc) is 2.63. The van der Waals surface area contributed by atoms with Crippen molar-refractivity contribution < 1.29 is 0 Å². The van der Waals surface area contributed by atoms with Gasteiger partial charge in [0.1, 0.15) is 0 Å². The Morgan fingerprint density at radius 3 is 2.28 bits per heavy atom. The third-order valence-corrected chi connectivity index (χ3v) is 6.28. The number of hydrogen-bond acceptors (Lipinski definition) is 3. The quantitative estimate of drug-likeness (QED) is 0.550. The zero-order chi connectivity index (χ0) is 17.9. The van der Waals surface area contributed by atoms with Crippen molar-refractivity contribution in [3.05, 3.63) is 12.2 Å². The fraction of sp³-hybridized carbons (Fsp3) is 0.909. The highest BCUT2D eigenvalue weighted by Gasteiger charge is 2.23. The molecule has 2 rings (SSSR count). The zero-order valence-electron chi connectivity index (χ0n) is 17.3. The number of allylic oxidation sites excluding steroid dienone is 2. The van der Waals surface area contributed by atoms with Gasteiger partial charge in [-0.1, -0.05) is 31.9 Å². The Morgan fingerprint density at radius 2 is 1.64 bits per heavy atom. The first-order valence-corrected chi connectivity index (χ1v) is 11.0. The van der Waals surface area contributed by atoms with E-state index in [1.54, 1.807) is 0 Å². The molecule has 2 saturated heterocycles. The first kappa shape index (κ1) is 20.9. The third-order valence-electron chi connectivity index (χ3n) is 6.28. The van der Waals surface area contributed by atoms with Gasteiger partial charge in [0.25, 0.3) is 0 Å². The van der Waals surface area contributed by atoms with Crippen molar-refractivity contribution in [3.63, 3.8) is 0 Å². The van der Waals surface area contributed by atoms with Crippen molar-refractivity contribution in [3.8, 4) is 0 Å². The molecule has 0 amide bonds. The highest BCUT2D eigenvalue weighted by Crippen LogP contribution is 2.20. The van der Waals surface area contributed by atoms with Crippen LogP contribution < -0.4 is 0 Å². The van der Waals surface area contributed by atoms with Gasteiger partial charge in [-0.25, -0.2) is 0 Å². The number of likely N-dealkylation sites (tertiary alicyclic amines) is 1. The molecule has 1 atom stereocenters. The van der Waals surface area contributed by atoms with Gasteiger partial charge in [-0.05, 0) is 71.0 Å². The predicted molar refractivity (Wildman–Crippen MR) is 110 cm³/mol. The molecule has 0 saturated carbocycles. The van der Waals surface area contributed by atoms with Crippen molar-refractivity contribution in [2.75, 3.05) is 59.4 Å². The molecule has 3 nitrogen and oxygen atoms in total. The Morgan fingerprint density at radius 1 is 0.960 bits per heavy atom. The number of piperidine rings is 1. The van der Waals surface area contributed by atoms with Crippen LogP contribution in [0.15, 0.2) is 12.2 Å². The molecular formula is C22H43N3. The van der Waals surface area contributed by atoms with Gasteiger partial charge in [-0.2, -0.15) is 0 Å². The first-order chi connectivity index (χ1) is 12.2. The summed E-state index contributed by atoms with van der Waals surface area (Å²) in [6, 6.07) is 0. The molecule has 25 heavy (non-hydrogen) atoms. The van der Waals surface area contributed by atoms with E-state index in [0.29, 0.717) is 0 Å². The van der Waals surface area contributed by atoms with Crippen LogP contribution in [0.4, 0.5) is 0 Å². The molecule has 2 fully saturated rings. The molecule has 0 bridgehead atoms. The lowest BCUT2D eigenvalue weighted by Gasteiger charge is -2.39. The Balaban J connectivity index is 1.66. The van der Waals surface area contributed by atoms with E-state index in [1.165, 1.54) is 97.3 Å². The van der Waals surface area contributed by atoms with Crippen LogP contribution in [0, 0.1) is 11.8 Å². The summed E-state index contributed by atoms with van der Waals surface area (Å²) < 4.78 is 0. The summed E-state index contributed by atoms with van der Waals surface area (Å²) in [7, 11) is 2.26. The molecule has 2 heterocycles. The number of hydrogen-bond donors (Lipinski definition) is 0. The third kappa shape index (κ3) is 8.23. The Kier molecular flexibility index (Phi) is 10.1. The topological polar surface area (TPSA) is 9.72 Å². The van der Waals surface area contributed by atoms with E-state index >= 15 is 0 Å². The van der Waals surface area contributed by atoms with Crippen LogP contribution in [0.3, 0.4) is 0 Å². The maximum Gasteiger partial charge on any atom is 0.0110 e. The molecule has 0 radical (unpaired) electrons. The summed E-state index contributed by atoms with van der Waals surface area (Å²) in [5, 5.41) is 0. The summed E-state index contributed by atoms with van der Waals surface area (Å²) in [4.78, 5) is 7.98. The monoisotopic (exact) mass is 349 g/mol. The summed E-state index contributed by atoms with van der Waals surface area (Å²) in [5.41, 5.74) is 0. The molecule has 1 unspecified atom stereocenters. The number of rotatable bonds is 10. The molecule has 146 valence electrons. The summed E-state index contributed by atoms with van der Waals surface area (Å²) in [6.45, 7) is 14.9. The average molecular weight is 350 g/mol. The smallest absolute Gasteiger partial charge is 0.0110 e. The van der Waals surface area contributed by atoms with Crippen molar-refractivity contribution in [1.29, 1.82) is 0 Å². The minimum absolute atomic E-state index is 0.900. The van der Waals surface area contributed by atoms with Gasteiger partial charge in [0, 0.05) is 39.3 Å². The van der Waals surface area contributed by atoms with E-state index in [-0.39, 0.29) is 0 Å². The van der Waals surface area contributed by atoms with Crippen LogP contribution in [0.2, 0.25) is 0 Å². The van der Waals surface area contributed by atoms with Gasteiger partial charge in [0.2, 0.25) is 0 Å². The molecule has 0 aromatic carbocycles. The second-order valence-corrected chi connectivity index (χ2v) is 8.50. The lowest BCUT2D eigenvalue weighted by atomic mass is 9.95. The summed E-state index contributed by atoms with van der Waals surface area (Å²) in [6.07, 6.45) is 14.2. The molecule has 2 aliphatic rings. The molecule has 0 aromatic heterocycles. The Hall–Kier alpha value is -0.380. The maximum atomic E-state index is 2.75. The molecule has 3 heteroatoms. The molecule has 0 aliphatic carbocycles. The minimum atomic E-state index is 0.900. The Labute approximate surface area is 157 Å². The summed E-state index contributed by atoms with van der Waals surface area (Å²) in [5.74, 6) is 1.84. The van der Waals surface area contributed by atoms with Crippen LogP contribution in [0.1, 0.15) is 58.8 Å². The van der Waals surface area contributed by atoms with Crippen LogP contribution in [-0.4, -0.2) is 74.1 Å². The van der Waals surface area contributed by atoms with E-state index in [4.69, 9.17) is 0 Å². The molecule has 0 aromatic rings. The number of nitrogens with zero attached hydrogens (tertiary/aromatic N) is 3. The fourth-order valence-corrected chi connectivity index (χ4v) is 4.45. The van der Waals surface area contributed by atoms with Gasteiger partial charge in [0.05, 0.1) is 0 Å². The normalized spacial score (nSPS) is 23.5. The van der Waals surface area contributed by atoms with Crippen molar-refractivity contribution in [1.82, 2.24) is 14.7 Å². The van der Waals surface area contributed by atoms with Crippen LogP contribution in [0.25, 0.3) is 0 Å². The number of unbranched alkanes of at least 4 members (excludes halogenated alkanes) is 1. The largest absolute Gasteiger partial charge is 0.306 e. The first-order valence-electron chi connectivity index (χ1n) is 11.0. The standard InChI is InChI=1S/C22H43N3/c1-4-6-8-10-21(9-7-5-2)19-24-15-17-25(18-16-24)20-22-11-13-23(3)14-12-22/h4,6,21-22H,5,7-20H2,1-3H3/b6-4+. The van der Waals surface area contributed by atoms with Gasteiger partial charge in [-0.15, -0.1) is 0 Å². The van der Waals surface area contributed by atoms with Gasteiger partial charge >= 0.3 is 0 Å². The van der Waals surface area contributed by atoms with Crippen LogP contribution >= 0.6 is 0 Å². The van der Waals surface area contributed by atoms with Gasteiger partial charge in [-0.3, -0.25) is 0 Å². The van der Waals surface area contributed by atoms with E-state index in [2.05, 4.69) is 47.7 Å². The van der Waals surface area contributed by atoms with Crippen molar-refractivity contribution in [2.45, 2.75) is 58.8 Å². The SMILES string of the molecule is C/C=C/CCC(CCCC)CN1CCN(CC2CCN(C)CC2)CC1. The lowest BCUT2D eigenvalue weighted by Crippen LogP contribution is -2.49. The highest BCUT2D eigenvalue weighted by molar-refractivity contribution is 4.81. The van der Waals surface area contributed by atoms with E-state index < -0.39 is 0 Å². The van der Waals surface area contributed by atoms with Crippen LogP contribution in [0.5, 0.6) is 0 Å². The maximum absolute atomic E-state index is 2.75. The summed E-state index contributed by atoms with van der Waals surface area (Å²) >= 11 is 0. The second-order valence-electron chi connectivity index (χ2n) is 8.50. The second kappa shape index (κ2) is 12.1. The predicted octanol–water partition coefficient (Wildman–Crippen LogP) is 4.11. The highest BCUT2D eigenvalue weighted by atomic mass is 15.3. The molecule has 0 N–H and O–H groups in total. The number of piperazine rings is 1. The van der Waals surface area contributed by atoms with E-state index in [0.717, 1.165) is 11.8 Å². The van der Waals surface area contributed by atoms with E-state index in [9.17, 15) is 0 Å². The molecule has 0 spiro atoms. The van der Waals surface area contributed by atoms with Crippen LogP contribution in [-0.2, 0) is 0 Å². The van der Waals surface area contributed by atoms with E-state index in [1.807, 2.05) is 0 Å². The van der Waals surface area contributed by atoms with Crippen molar-refractivity contribution in [2.24, 2.45) is 11.8 Å². The van der Waals surface area contributed by atoms with Gasteiger partial charge < -0.3 is 14.7 Å². The minimum Gasteiger partial charge on any atom is -0.306 e. The van der Waals surface area contributed by atoms with Crippen molar-refractivity contribution >= 4 is 0 Å². The van der Waals surface area contributed by atoms with Gasteiger partial charge in [0.15, 0.2) is 0 Å². The Bertz CT molecular complexity index is 352. The zero-order valence-corrected chi connectivity index (χ0v) is 17.3. The molecule has 2 aliphatic heterocycles. The fourth-order valence-electron chi connectivity index (χ4n) is 4.45. The molecular weight excluding hydrogens is 306 g/mol. The lowest BCUT2D eigenvalue weighted by molar-refractivity contribution is 0.0888.